The minimum absolute atomic E-state index is 0.139. The molecule has 0 unspecified atom stereocenters. The van der Waals surface area contributed by atoms with E-state index < -0.39 is 5.97 Å². The zero-order valence-electron chi connectivity index (χ0n) is 19.7. The molecule has 0 saturated carbocycles. The number of anilines is 1. The van der Waals surface area contributed by atoms with Crippen molar-refractivity contribution >= 4 is 35.2 Å². The van der Waals surface area contributed by atoms with Crippen LogP contribution in [0, 0.1) is 0 Å². The monoisotopic (exact) mass is 497 g/mol. The van der Waals surface area contributed by atoms with E-state index >= 15 is 0 Å². The number of methoxy groups -OCH3 is 1. The number of rotatable bonds is 11. The highest BCUT2D eigenvalue weighted by molar-refractivity contribution is 7.99. The van der Waals surface area contributed by atoms with Crippen molar-refractivity contribution in [1.82, 2.24) is 20.1 Å². The molecule has 1 heterocycles. The highest BCUT2D eigenvalue weighted by atomic mass is 32.2. The maximum absolute atomic E-state index is 12.3. The normalized spacial score (nSPS) is 10.5. The molecule has 0 bridgehead atoms. The summed E-state index contributed by atoms with van der Waals surface area (Å²) in [6, 6.07) is 13.4. The number of nitrogens with one attached hydrogen (secondary N) is 2. The van der Waals surface area contributed by atoms with Gasteiger partial charge in [0.15, 0.2) is 5.16 Å². The molecule has 35 heavy (non-hydrogen) atoms. The Kier molecular flexibility index (Phi) is 9.24. The van der Waals surface area contributed by atoms with E-state index in [4.69, 9.17) is 9.47 Å². The molecule has 2 amide bonds. The number of thioether (sulfide) groups is 1. The van der Waals surface area contributed by atoms with E-state index in [0.29, 0.717) is 53.1 Å². The third kappa shape index (κ3) is 7.31. The van der Waals surface area contributed by atoms with Gasteiger partial charge in [0, 0.05) is 31.3 Å². The van der Waals surface area contributed by atoms with Crippen LogP contribution in [-0.2, 0) is 23.0 Å². The Labute approximate surface area is 207 Å². The predicted octanol–water partition coefficient (Wildman–Crippen LogP) is 2.70. The van der Waals surface area contributed by atoms with Crippen LogP contribution in [0.15, 0.2) is 53.7 Å². The summed E-state index contributed by atoms with van der Waals surface area (Å²) in [7, 11) is 3.39. The zero-order valence-corrected chi connectivity index (χ0v) is 20.6. The first-order chi connectivity index (χ1) is 16.9. The second kappa shape index (κ2) is 12.6. The van der Waals surface area contributed by atoms with Gasteiger partial charge < -0.3 is 24.7 Å². The molecule has 0 atom stereocenters. The molecule has 1 aromatic heterocycles. The smallest absolute Gasteiger partial charge is 0.338 e. The molecule has 3 aromatic rings. The summed E-state index contributed by atoms with van der Waals surface area (Å²) in [6.45, 7) is 2.44. The lowest BCUT2D eigenvalue weighted by Crippen LogP contribution is -2.26. The predicted molar refractivity (Wildman–Crippen MR) is 132 cm³/mol. The Morgan fingerprint density at radius 2 is 1.69 bits per heavy atom. The molecule has 0 saturated heterocycles. The minimum atomic E-state index is -0.403. The van der Waals surface area contributed by atoms with E-state index in [1.165, 1.54) is 11.8 Å². The first-order valence-electron chi connectivity index (χ1n) is 10.9. The maximum atomic E-state index is 12.3. The fraction of sp³-hybridized carbons (Fsp3) is 0.292. The van der Waals surface area contributed by atoms with E-state index in [1.54, 1.807) is 67.1 Å². The van der Waals surface area contributed by atoms with Crippen LogP contribution in [0.3, 0.4) is 0 Å². The van der Waals surface area contributed by atoms with Gasteiger partial charge in [-0.1, -0.05) is 11.8 Å². The Bertz CT molecular complexity index is 1160. The van der Waals surface area contributed by atoms with Crippen LogP contribution < -0.4 is 15.4 Å². The summed E-state index contributed by atoms with van der Waals surface area (Å²) in [5, 5.41) is 14.5. The second-order valence-corrected chi connectivity index (χ2v) is 8.27. The van der Waals surface area contributed by atoms with Gasteiger partial charge >= 0.3 is 5.97 Å². The van der Waals surface area contributed by atoms with E-state index in [1.807, 2.05) is 7.05 Å². The number of amides is 2. The number of benzene rings is 2. The maximum Gasteiger partial charge on any atom is 0.338 e. The molecule has 3 rings (SSSR count). The summed E-state index contributed by atoms with van der Waals surface area (Å²) >= 11 is 1.25. The Balaban J connectivity index is 1.44. The van der Waals surface area contributed by atoms with Crippen molar-refractivity contribution in [3.63, 3.8) is 0 Å². The average molecular weight is 498 g/mol. The molecule has 0 aliphatic heterocycles. The molecule has 2 aromatic carbocycles. The number of ether oxygens (including phenoxy) is 2. The number of hydrogen-bond donors (Lipinski definition) is 2. The number of carbonyl (C=O) groups excluding carboxylic acids is 3. The molecule has 10 nitrogen and oxygen atoms in total. The van der Waals surface area contributed by atoms with Gasteiger partial charge in [0.1, 0.15) is 11.6 Å². The molecular weight excluding hydrogens is 470 g/mol. The molecule has 0 aliphatic rings. The third-order valence-corrected chi connectivity index (χ3v) is 5.94. The number of esters is 1. The Morgan fingerprint density at radius 1 is 1.00 bits per heavy atom. The second-order valence-electron chi connectivity index (χ2n) is 7.33. The van der Waals surface area contributed by atoms with Crippen molar-refractivity contribution < 1.29 is 23.9 Å². The van der Waals surface area contributed by atoms with Crippen molar-refractivity contribution in [3.8, 4) is 5.75 Å². The molecule has 2 N–H and O–H groups in total. The van der Waals surface area contributed by atoms with Gasteiger partial charge in [-0.2, -0.15) is 0 Å². The standard InChI is InChI=1S/C24H27N5O5S/c1-4-34-23(32)17-5-9-18(10-6-17)26-21(30)15-35-24-28-27-20(29(24)2)13-14-25-22(31)16-7-11-19(33-3)12-8-16/h5-12H,4,13-15H2,1-3H3,(H,25,31)(H,26,30). The summed E-state index contributed by atoms with van der Waals surface area (Å²) in [5.41, 5.74) is 1.54. The van der Waals surface area contributed by atoms with E-state index in [2.05, 4.69) is 20.8 Å². The molecule has 0 radical (unpaired) electrons. The lowest BCUT2D eigenvalue weighted by atomic mass is 10.2. The first-order valence-corrected chi connectivity index (χ1v) is 11.9. The highest BCUT2D eigenvalue weighted by Crippen LogP contribution is 2.17. The molecule has 0 spiro atoms. The molecule has 11 heteroatoms. The quantitative estimate of drug-likeness (QED) is 0.306. The number of carbonyl (C=O) groups is 3. The third-order valence-electron chi connectivity index (χ3n) is 4.92. The molecule has 0 aliphatic carbocycles. The first kappa shape index (κ1) is 25.8. The largest absolute Gasteiger partial charge is 0.497 e. The van der Waals surface area contributed by atoms with E-state index in [0.717, 1.165) is 0 Å². The summed E-state index contributed by atoms with van der Waals surface area (Å²) < 4.78 is 11.8. The number of nitrogens with zero attached hydrogens (tertiary/aromatic N) is 3. The zero-order chi connectivity index (χ0) is 25.2. The summed E-state index contributed by atoms with van der Waals surface area (Å²) in [4.78, 5) is 36.3. The van der Waals surface area contributed by atoms with Crippen molar-refractivity contribution in [2.24, 2.45) is 7.05 Å². The van der Waals surface area contributed by atoms with Gasteiger partial charge in [0.2, 0.25) is 5.91 Å². The van der Waals surface area contributed by atoms with Crippen LogP contribution in [0.2, 0.25) is 0 Å². The fourth-order valence-electron chi connectivity index (χ4n) is 3.05. The number of hydrogen-bond acceptors (Lipinski definition) is 8. The number of aromatic nitrogens is 3. The van der Waals surface area contributed by atoms with Gasteiger partial charge in [-0.25, -0.2) is 4.79 Å². The van der Waals surface area contributed by atoms with Crippen LogP contribution in [0.5, 0.6) is 5.75 Å². The summed E-state index contributed by atoms with van der Waals surface area (Å²) in [5.74, 6) is 0.717. The van der Waals surface area contributed by atoms with E-state index in [9.17, 15) is 14.4 Å². The van der Waals surface area contributed by atoms with Gasteiger partial charge in [-0.3, -0.25) is 9.59 Å². The Hall–Kier alpha value is -3.86. The average Bonchev–Trinajstić information content (AvgIpc) is 3.22. The Morgan fingerprint density at radius 3 is 2.34 bits per heavy atom. The molecular formula is C24H27N5O5S. The van der Waals surface area contributed by atoms with Crippen molar-refractivity contribution in [2.45, 2.75) is 18.5 Å². The lowest BCUT2D eigenvalue weighted by molar-refractivity contribution is -0.113. The van der Waals surface area contributed by atoms with Crippen molar-refractivity contribution in [3.05, 3.63) is 65.5 Å². The highest BCUT2D eigenvalue weighted by Gasteiger charge is 2.13. The van der Waals surface area contributed by atoms with Crippen LogP contribution in [0.1, 0.15) is 33.5 Å². The van der Waals surface area contributed by atoms with Crippen molar-refractivity contribution in [2.75, 3.05) is 31.3 Å². The molecule has 184 valence electrons. The van der Waals surface area contributed by atoms with Crippen LogP contribution in [0.4, 0.5) is 5.69 Å². The van der Waals surface area contributed by atoms with Gasteiger partial charge in [0.05, 0.1) is 25.0 Å². The van der Waals surface area contributed by atoms with Gasteiger partial charge in [0.25, 0.3) is 5.91 Å². The topological polar surface area (TPSA) is 124 Å². The fourth-order valence-corrected chi connectivity index (χ4v) is 3.78. The van der Waals surface area contributed by atoms with E-state index in [-0.39, 0.29) is 17.6 Å². The van der Waals surface area contributed by atoms with Crippen LogP contribution >= 0.6 is 11.8 Å². The minimum Gasteiger partial charge on any atom is -0.497 e. The SMILES string of the molecule is CCOC(=O)c1ccc(NC(=O)CSc2nnc(CCNC(=O)c3ccc(OC)cc3)n2C)cc1. The van der Waals surface area contributed by atoms with Gasteiger partial charge in [-0.05, 0) is 55.5 Å². The van der Waals surface area contributed by atoms with Crippen molar-refractivity contribution in [1.29, 1.82) is 0 Å². The van der Waals surface area contributed by atoms with Crippen LogP contribution in [0.25, 0.3) is 0 Å². The summed E-state index contributed by atoms with van der Waals surface area (Å²) in [6.07, 6.45) is 0.491. The molecule has 0 fully saturated rings. The van der Waals surface area contributed by atoms with Gasteiger partial charge in [-0.15, -0.1) is 10.2 Å². The van der Waals surface area contributed by atoms with Crippen LogP contribution in [-0.4, -0.2) is 58.6 Å². The lowest BCUT2D eigenvalue weighted by Gasteiger charge is -2.07.